The molecule has 0 radical (unpaired) electrons. The van der Waals surface area contributed by atoms with Crippen molar-refractivity contribution in [1.82, 2.24) is 15.2 Å². The summed E-state index contributed by atoms with van der Waals surface area (Å²) in [6.07, 6.45) is 1.42. The molecule has 1 aromatic carbocycles. The number of hydrogen-bond acceptors (Lipinski definition) is 4. The highest BCUT2D eigenvalue weighted by molar-refractivity contribution is 5.96. The molecule has 2 fully saturated rings. The van der Waals surface area contributed by atoms with Gasteiger partial charge in [-0.1, -0.05) is 12.8 Å². The molecule has 0 bridgehead atoms. The number of anilines is 1. The van der Waals surface area contributed by atoms with Crippen molar-refractivity contribution in [2.45, 2.75) is 31.9 Å². The molecule has 2 aliphatic rings. The Morgan fingerprint density at radius 2 is 1.79 bits per heavy atom. The maximum absolute atomic E-state index is 13.6. The summed E-state index contributed by atoms with van der Waals surface area (Å²) in [5.41, 5.74) is -1.37. The molecule has 2 heterocycles. The Morgan fingerprint density at radius 3 is 2.47 bits per heavy atom. The van der Waals surface area contributed by atoms with Gasteiger partial charge < -0.3 is 15.1 Å². The Balaban J connectivity index is 1.36. The van der Waals surface area contributed by atoms with Crippen LogP contribution in [0.1, 0.15) is 52.0 Å². The first-order chi connectivity index (χ1) is 16.2. The molecule has 0 spiro atoms. The molecule has 1 N–H and O–H groups in total. The fourth-order valence-corrected chi connectivity index (χ4v) is 4.08. The van der Waals surface area contributed by atoms with Crippen molar-refractivity contribution < 1.29 is 27.2 Å². The molecule has 0 unspecified atom stereocenters. The molecule has 2 amide bonds. The highest BCUT2D eigenvalue weighted by Crippen LogP contribution is 2.34. The fraction of sp³-hybridized carbons (Fsp3) is 0.458. The van der Waals surface area contributed by atoms with Gasteiger partial charge in [0.25, 0.3) is 11.8 Å². The first kappa shape index (κ1) is 24.0. The standard InChI is InChI=1S/C24H26F4N4O2/c25-18-5-6-20(24(26,27)28)19(15-18)23(34)32-12-10-31(11-13-32)21-14-17(7-9-29-21)22(33)30-8-1-2-16-3-4-16/h5-7,9,14-16H,1-4,8,10-13H2,(H,30,33). The van der Waals surface area contributed by atoms with Crippen LogP contribution in [0.4, 0.5) is 23.4 Å². The molecule has 34 heavy (non-hydrogen) atoms. The van der Waals surface area contributed by atoms with Gasteiger partial charge in [0.15, 0.2) is 0 Å². The normalized spacial score (nSPS) is 16.5. The molecule has 1 saturated carbocycles. The van der Waals surface area contributed by atoms with Gasteiger partial charge in [-0.3, -0.25) is 9.59 Å². The summed E-state index contributed by atoms with van der Waals surface area (Å²) in [6.45, 7) is 1.55. The minimum atomic E-state index is -4.76. The van der Waals surface area contributed by atoms with Crippen LogP contribution >= 0.6 is 0 Å². The Kier molecular flexibility index (Phi) is 7.04. The van der Waals surface area contributed by atoms with Crippen molar-refractivity contribution in [2.24, 2.45) is 5.92 Å². The molecule has 1 aliphatic heterocycles. The molecule has 6 nitrogen and oxygen atoms in total. The number of carbonyl (C=O) groups excluding carboxylic acids is 2. The number of piperazine rings is 1. The molecule has 2 aromatic rings. The van der Waals surface area contributed by atoms with E-state index >= 15 is 0 Å². The smallest absolute Gasteiger partial charge is 0.353 e. The van der Waals surface area contributed by atoms with Crippen LogP contribution in [0.2, 0.25) is 0 Å². The summed E-state index contributed by atoms with van der Waals surface area (Å²) in [7, 11) is 0. The summed E-state index contributed by atoms with van der Waals surface area (Å²) < 4.78 is 53.5. The Bertz CT molecular complexity index is 1050. The lowest BCUT2D eigenvalue weighted by Crippen LogP contribution is -2.49. The van der Waals surface area contributed by atoms with Crippen LogP contribution in [0.3, 0.4) is 0 Å². The van der Waals surface area contributed by atoms with E-state index < -0.39 is 29.0 Å². The van der Waals surface area contributed by atoms with Gasteiger partial charge in [0, 0.05) is 44.5 Å². The molecular formula is C24H26F4N4O2. The third-order valence-electron chi connectivity index (χ3n) is 6.19. The number of pyridine rings is 1. The van der Waals surface area contributed by atoms with Crippen molar-refractivity contribution in [3.8, 4) is 0 Å². The molecule has 0 atom stereocenters. The van der Waals surface area contributed by atoms with E-state index in [2.05, 4.69) is 10.3 Å². The monoisotopic (exact) mass is 478 g/mol. The van der Waals surface area contributed by atoms with Gasteiger partial charge >= 0.3 is 6.18 Å². The quantitative estimate of drug-likeness (QED) is 0.480. The molecule has 10 heteroatoms. The molecule has 1 aliphatic carbocycles. The number of hydrogen-bond donors (Lipinski definition) is 1. The van der Waals surface area contributed by atoms with Gasteiger partial charge in [-0.05, 0) is 49.1 Å². The minimum absolute atomic E-state index is 0.145. The van der Waals surface area contributed by atoms with Gasteiger partial charge in [-0.25, -0.2) is 9.37 Å². The molecule has 1 saturated heterocycles. The number of amides is 2. The van der Waals surface area contributed by atoms with E-state index in [4.69, 9.17) is 0 Å². The van der Waals surface area contributed by atoms with Crippen LogP contribution in [0.15, 0.2) is 36.5 Å². The van der Waals surface area contributed by atoms with Crippen molar-refractivity contribution in [3.63, 3.8) is 0 Å². The lowest BCUT2D eigenvalue weighted by atomic mass is 10.0. The topological polar surface area (TPSA) is 65.5 Å². The number of rotatable bonds is 7. The molecule has 182 valence electrons. The highest BCUT2D eigenvalue weighted by atomic mass is 19.4. The average molecular weight is 478 g/mol. The van der Waals surface area contributed by atoms with E-state index in [0.717, 1.165) is 18.8 Å². The highest BCUT2D eigenvalue weighted by Gasteiger charge is 2.37. The molecule has 4 rings (SSSR count). The fourth-order valence-electron chi connectivity index (χ4n) is 4.08. The van der Waals surface area contributed by atoms with Gasteiger partial charge in [-0.2, -0.15) is 13.2 Å². The lowest BCUT2D eigenvalue weighted by molar-refractivity contribution is -0.138. The second-order valence-electron chi connectivity index (χ2n) is 8.71. The number of alkyl halides is 3. The van der Waals surface area contributed by atoms with E-state index in [-0.39, 0.29) is 19.0 Å². The number of aromatic nitrogens is 1. The second kappa shape index (κ2) is 9.99. The van der Waals surface area contributed by atoms with Crippen LogP contribution in [0, 0.1) is 11.7 Å². The van der Waals surface area contributed by atoms with E-state index in [1.165, 1.54) is 23.9 Å². The molecular weight excluding hydrogens is 452 g/mol. The third kappa shape index (κ3) is 5.84. The predicted octanol–water partition coefficient (Wildman–Crippen LogP) is 4.12. The number of nitrogens with one attached hydrogen (secondary N) is 1. The van der Waals surface area contributed by atoms with Crippen LogP contribution < -0.4 is 10.2 Å². The summed E-state index contributed by atoms with van der Waals surface area (Å²) in [5.74, 6) is -0.574. The first-order valence-corrected chi connectivity index (χ1v) is 11.4. The zero-order chi connectivity index (χ0) is 24.3. The predicted molar refractivity (Wildman–Crippen MR) is 118 cm³/mol. The SMILES string of the molecule is O=C(NCCCC1CC1)c1ccnc(N2CCN(C(=O)c3cc(F)ccc3C(F)(F)F)CC2)c1. The summed E-state index contributed by atoms with van der Waals surface area (Å²) >= 11 is 0. The Morgan fingerprint density at radius 1 is 1.06 bits per heavy atom. The molecule has 1 aromatic heterocycles. The van der Waals surface area contributed by atoms with Crippen molar-refractivity contribution in [3.05, 3.63) is 59.0 Å². The van der Waals surface area contributed by atoms with Gasteiger partial charge in [0.1, 0.15) is 11.6 Å². The van der Waals surface area contributed by atoms with Gasteiger partial charge in [0.05, 0.1) is 11.1 Å². The second-order valence-corrected chi connectivity index (χ2v) is 8.71. The van der Waals surface area contributed by atoms with Crippen molar-refractivity contribution in [2.75, 3.05) is 37.6 Å². The zero-order valence-corrected chi connectivity index (χ0v) is 18.6. The average Bonchev–Trinajstić information content (AvgIpc) is 3.65. The van der Waals surface area contributed by atoms with E-state index in [1.54, 1.807) is 12.1 Å². The van der Waals surface area contributed by atoms with Crippen LogP contribution in [0.5, 0.6) is 0 Å². The summed E-state index contributed by atoms with van der Waals surface area (Å²) in [5, 5.41) is 2.91. The van der Waals surface area contributed by atoms with Gasteiger partial charge in [-0.15, -0.1) is 0 Å². The number of nitrogens with zero attached hydrogens (tertiary/aromatic N) is 3. The number of halogens is 4. The van der Waals surface area contributed by atoms with Crippen molar-refractivity contribution in [1.29, 1.82) is 0 Å². The van der Waals surface area contributed by atoms with E-state index in [9.17, 15) is 27.2 Å². The number of carbonyl (C=O) groups is 2. The van der Waals surface area contributed by atoms with E-state index in [0.29, 0.717) is 49.2 Å². The summed E-state index contributed by atoms with van der Waals surface area (Å²) in [6, 6.07) is 5.21. The zero-order valence-electron chi connectivity index (χ0n) is 18.6. The number of benzene rings is 1. The van der Waals surface area contributed by atoms with Crippen LogP contribution in [0.25, 0.3) is 0 Å². The minimum Gasteiger partial charge on any atom is -0.353 e. The maximum atomic E-state index is 13.6. The maximum Gasteiger partial charge on any atom is 0.417 e. The van der Waals surface area contributed by atoms with Gasteiger partial charge in [0.2, 0.25) is 0 Å². The summed E-state index contributed by atoms with van der Waals surface area (Å²) in [4.78, 5) is 32.6. The Hall–Kier alpha value is -3.17. The van der Waals surface area contributed by atoms with Crippen LogP contribution in [-0.2, 0) is 6.18 Å². The van der Waals surface area contributed by atoms with E-state index in [1.807, 2.05) is 4.90 Å². The van der Waals surface area contributed by atoms with Crippen LogP contribution in [-0.4, -0.2) is 54.4 Å². The Labute approximate surface area is 194 Å². The largest absolute Gasteiger partial charge is 0.417 e. The third-order valence-corrected chi connectivity index (χ3v) is 6.19. The lowest BCUT2D eigenvalue weighted by Gasteiger charge is -2.35. The first-order valence-electron chi connectivity index (χ1n) is 11.4. The van der Waals surface area contributed by atoms with Crippen molar-refractivity contribution >= 4 is 17.6 Å².